The fraction of sp³-hybridized carbons (Fsp3) is 0.533. The van der Waals surface area contributed by atoms with Crippen LogP contribution in [0.3, 0.4) is 0 Å². The second-order valence-electron chi connectivity index (χ2n) is 5.41. The standard InChI is InChI=1S/C15H22N2O2/c1-16(2)10-12-5-7-13(8-6-12)15(19)17-9-3-4-14(17)11-18/h5-8,14,18H,3-4,9-11H2,1-2H3/t14-/m1/s1. The highest BCUT2D eigenvalue weighted by Crippen LogP contribution is 2.20. The topological polar surface area (TPSA) is 43.8 Å². The summed E-state index contributed by atoms with van der Waals surface area (Å²) in [4.78, 5) is 16.2. The number of aliphatic hydroxyl groups is 1. The Kier molecular flexibility index (Phi) is 4.56. The van der Waals surface area contributed by atoms with Crippen molar-refractivity contribution >= 4 is 5.91 Å². The van der Waals surface area contributed by atoms with Crippen LogP contribution in [-0.4, -0.2) is 54.1 Å². The molecule has 1 heterocycles. The molecule has 4 heteroatoms. The van der Waals surface area contributed by atoms with E-state index in [1.165, 1.54) is 5.56 Å². The lowest BCUT2D eigenvalue weighted by Crippen LogP contribution is -2.37. The van der Waals surface area contributed by atoms with Gasteiger partial charge >= 0.3 is 0 Å². The molecule has 1 saturated heterocycles. The predicted octanol–water partition coefficient (Wildman–Crippen LogP) is 1.35. The van der Waals surface area contributed by atoms with Gasteiger partial charge in [0.2, 0.25) is 0 Å². The van der Waals surface area contributed by atoms with Crippen LogP contribution in [0.4, 0.5) is 0 Å². The van der Waals surface area contributed by atoms with Crippen molar-refractivity contribution in [1.29, 1.82) is 0 Å². The zero-order chi connectivity index (χ0) is 13.8. The SMILES string of the molecule is CN(C)Cc1ccc(C(=O)N2CCC[C@@H]2CO)cc1. The first-order valence-corrected chi connectivity index (χ1v) is 6.77. The highest BCUT2D eigenvalue weighted by atomic mass is 16.3. The van der Waals surface area contributed by atoms with Gasteiger partial charge in [-0.05, 0) is 44.6 Å². The summed E-state index contributed by atoms with van der Waals surface area (Å²) in [6.45, 7) is 1.69. The summed E-state index contributed by atoms with van der Waals surface area (Å²) in [6.07, 6.45) is 1.89. The van der Waals surface area contributed by atoms with Gasteiger partial charge in [-0.3, -0.25) is 4.79 Å². The molecule has 1 aliphatic rings. The second-order valence-corrected chi connectivity index (χ2v) is 5.41. The van der Waals surface area contributed by atoms with Crippen molar-refractivity contribution in [2.75, 3.05) is 27.2 Å². The summed E-state index contributed by atoms with van der Waals surface area (Å²) in [6, 6.07) is 7.75. The van der Waals surface area contributed by atoms with Gasteiger partial charge in [-0.15, -0.1) is 0 Å². The molecule has 1 N–H and O–H groups in total. The van der Waals surface area contributed by atoms with E-state index in [4.69, 9.17) is 0 Å². The fourth-order valence-electron chi connectivity index (χ4n) is 2.58. The molecule has 0 aromatic heterocycles. The summed E-state index contributed by atoms with van der Waals surface area (Å²) >= 11 is 0. The maximum atomic E-state index is 12.4. The smallest absolute Gasteiger partial charge is 0.254 e. The average Bonchev–Trinajstić information content (AvgIpc) is 2.86. The van der Waals surface area contributed by atoms with Crippen molar-refractivity contribution in [3.63, 3.8) is 0 Å². The quantitative estimate of drug-likeness (QED) is 0.890. The van der Waals surface area contributed by atoms with Crippen LogP contribution in [0.25, 0.3) is 0 Å². The molecule has 0 saturated carbocycles. The molecule has 0 unspecified atom stereocenters. The third-order valence-electron chi connectivity index (χ3n) is 3.55. The summed E-state index contributed by atoms with van der Waals surface area (Å²) in [7, 11) is 4.05. The average molecular weight is 262 g/mol. The van der Waals surface area contributed by atoms with Gasteiger partial charge in [0, 0.05) is 18.7 Å². The van der Waals surface area contributed by atoms with Gasteiger partial charge < -0.3 is 14.9 Å². The minimum atomic E-state index is -0.00560. The normalized spacial score (nSPS) is 19.2. The second kappa shape index (κ2) is 6.17. The van der Waals surface area contributed by atoms with E-state index in [9.17, 15) is 9.90 Å². The van der Waals surface area contributed by atoms with Crippen LogP contribution >= 0.6 is 0 Å². The molecule has 1 aromatic rings. The Morgan fingerprint density at radius 3 is 2.63 bits per heavy atom. The number of carbonyl (C=O) groups is 1. The molecule has 0 radical (unpaired) electrons. The predicted molar refractivity (Wildman–Crippen MR) is 75.0 cm³/mol. The zero-order valence-corrected chi connectivity index (χ0v) is 11.7. The maximum Gasteiger partial charge on any atom is 0.254 e. The summed E-state index contributed by atoms with van der Waals surface area (Å²) in [5.74, 6) is 0.0351. The van der Waals surface area contributed by atoms with Crippen LogP contribution in [0, 0.1) is 0 Å². The van der Waals surface area contributed by atoms with E-state index in [1.807, 2.05) is 38.4 Å². The lowest BCUT2D eigenvalue weighted by molar-refractivity contribution is 0.0677. The van der Waals surface area contributed by atoms with Gasteiger partial charge in [0.1, 0.15) is 0 Å². The Morgan fingerprint density at radius 2 is 2.05 bits per heavy atom. The molecular formula is C15H22N2O2. The van der Waals surface area contributed by atoms with Crippen molar-refractivity contribution < 1.29 is 9.90 Å². The van der Waals surface area contributed by atoms with Crippen LogP contribution in [0.15, 0.2) is 24.3 Å². The Hall–Kier alpha value is -1.39. The minimum absolute atomic E-state index is 0.00560. The molecule has 1 atom stereocenters. The third-order valence-corrected chi connectivity index (χ3v) is 3.55. The monoisotopic (exact) mass is 262 g/mol. The van der Waals surface area contributed by atoms with Gasteiger partial charge in [-0.2, -0.15) is 0 Å². The molecule has 1 aliphatic heterocycles. The molecule has 0 spiro atoms. The molecular weight excluding hydrogens is 240 g/mol. The Balaban J connectivity index is 2.07. The van der Waals surface area contributed by atoms with Crippen LogP contribution in [0.2, 0.25) is 0 Å². The van der Waals surface area contributed by atoms with E-state index >= 15 is 0 Å². The third kappa shape index (κ3) is 3.33. The van der Waals surface area contributed by atoms with Gasteiger partial charge in [-0.25, -0.2) is 0 Å². The maximum absolute atomic E-state index is 12.4. The summed E-state index contributed by atoms with van der Waals surface area (Å²) < 4.78 is 0. The van der Waals surface area contributed by atoms with E-state index in [1.54, 1.807) is 4.90 Å². The van der Waals surface area contributed by atoms with Gasteiger partial charge in [0.15, 0.2) is 0 Å². The van der Waals surface area contributed by atoms with Crippen molar-refractivity contribution in [2.24, 2.45) is 0 Å². The molecule has 4 nitrogen and oxygen atoms in total. The fourth-order valence-corrected chi connectivity index (χ4v) is 2.58. The largest absolute Gasteiger partial charge is 0.394 e. The molecule has 1 aromatic carbocycles. The molecule has 104 valence electrons. The molecule has 0 bridgehead atoms. The van der Waals surface area contributed by atoms with Crippen LogP contribution in [0.5, 0.6) is 0 Å². The number of likely N-dealkylation sites (tertiary alicyclic amines) is 1. The first kappa shape index (κ1) is 14.0. The van der Waals surface area contributed by atoms with Crippen LogP contribution in [0.1, 0.15) is 28.8 Å². The first-order valence-electron chi connectivity index (χ1n) is 6.77. The number of rotatable bonds is 4. The van der Waals surface area contributed by atoms with Crippen molar-refractivity contribution in [1.82, 2.24) is 9.80 Å². The van der Waals surface area contributed by atoms with Gasteiger partial charge in [0.25, 0.3) is 5.91 Å². The van der Waals surface area contributed by atoms with Crippen LogP contribution in [-0.2, 0) is 6.54 Å². The van der Waals surface area contributed by atoms with Crippen molar-refractivity contribution in [2.45, 2.75) is 25.4 Å². The van der Waals surface area contributed by atoms with Crippen molar-refractivity contribution in [3.05, 3.63) is 35.4 Å². The summed E-state index contributed by atoms with van der Waals surface area (Å²) in [5.41, 5.74) is 1.91. The number of aliphatic hydroxyl groups excluding tert-OH is 1. The number of amides is 1. The minimum Gasteiger partial charge on any atom is -0.394 e. The van der Waals surface area contributed by atoms with E-state index in [-0.39, 0.29) is 18.6 Å². The lowest BCUT2D eigenvalue weighted by Gasteiger charge is -2.23. The van der Waals surface area contributed by atoms with Crippen LogP contribution < -0.4 is 0 Å². The van der Waals surface area contributed by atoms with Gasteiger partial charge in [0.05, 0.1) is 12.6 Å². The van der Waals surface area contributed by atoms with E-state index in [0.29, 0.717) is 5.56 Å². The van der Waals surface area contributed by atoms with Crippen molar-refractivity contribution in [3.8, 4) is 0 Å². The molecule has 2 rings (SSSR count). The highest BCUT2D eigenvalue weighted by Gasteiger charge is 2.28. The highest BCUT2D eigenvalue weighted by molar-refractivity contribution is 5.94. The van der Waals surface area contributed by atoms with E-state index < -0.39 is 0 Å². The molecule has 1 fully saturated rings. The van der Waals surface area contributed by atoms with Gasteiger partial charge in [-0.1, -0.05) is 12.1 Å². The molecule has 0 aliphatic carbocycles. The number of carbonyl (C=O) groups excluding carboxylic acids is 1. The van der Waals surface area contributed by atoms with E-state index in [2.05, 4.69) is 4.90 Å². The Morgan fingerprint density at radius 1 is 1.37 bits per heavy atom. The summed E-state index contributed by atoms with van der Waals surface area (Å²) in [5, 5.41) is 9.28. The number of benzene rings is 1. The number of hydrogen-bond donors (Lipinski definition) is 1. The first-order chi connectivity index (χ1) is 9.11. The Bertz CT molecular complexity index is 428. The number of nitrogens with zero attached hydrogens (tertiary/aromatic N) is 2. The Labute approximate surface area is 114 Å². The van der Waals surface area contributed by atoms with E-state index in [0.717, 1.165) is 25.9 Å². The number of hydrogen-bond acceptors (Lipinski definition) is 3. The zero-order valence-electron chi connectivity index (χ0n) is 11.7. The lowest BCUT2D eigenvalue weighted by atomic mass is 10.1. The molecule has 1 amide bonds. The molecule has 19 heavy (non-hydrogen) atoms.